The van der Waals surface area contributed by atoms with Crippen LogP contribution < -0.4 is 5.73 Å². The maximum Gasteiger partial charge on any atom is 0.191 e. The van der Waals surface area contributed by atoms with Gasteiger partial charge in [-0.05, 0) is 25.7 Å². The lowest BCUT2D eigenvalue weighted by Crippen LogP contribution is -2.38. The fourth-order valence-electron chi connectivity index (χ4n) is 3.13. The molecule has 18 heavy (non-hydrogen) atoms. The summed E-state index contributed by atoms with van der Waals surface area (Å²) in [7, 11) is 1.81. The Labute approximate surface area is 111 Å². The molecule has 2 atom stereocenters. The Balaban J connectivity index is 1.83. The zero-order valence-corrected chi connectivity index (χ0v) is 11.6. The van der Waals surface area contributed by atoms with E-state index in [-0.39, 0.29) is 0 Å². The Kier molecular flexibility index (Phi) is 5.29. The van der Waals surface area contributed by atoms with Gasteiger partial charge < -0.3 is 15.4 Å². The highest BCUT2D eigenvalue weighted by Gasteiger charge is 2.26. The van der Waals surface area contributed by atoms with E-state index in [0.717, 1.165) is 25.6 Å². The van der Waals surface area contributed by atoms with Gasteiger partial charge in [0, 0.05) is 32.7 Å². The molecule has 0 amide bonds. The molecule has 104 valence electrons. The van der Waals surface area contributed by atoms with E-state index in [0.29, 0.717) is 12.0 Å². The van der Waals surface area contributed by atoms with E-state index in [2.05, 4.69) is 9.89 Å². The molecule has 0 aromatic carbocycles. The van der Waals surface area contributed by atoms with Crippen molar-refractivity contribution in [3.63, 3.8) is 0 Å². The van der Waals surface area contributed by atoms with Crippen molar-refractivity contribution in [2.45, 2.75) is 51.0 Å². The number of ether oxygens (including phenoxy) is 1. The zero-order valence-electron chi connectivity index (χ0n) is 11.6. The number of nitrogens with two attached hydrogens (primary N) is 1. The molecular weight excluding hydrogens is 226 g/mol. The minimum atomic E-state index is 0.394. The van der Waals surface area contributed by atoms with Gasteiger partial charge in [-0.3, -0.25) is 4.99 Å². The smallest absolute Gasteiger partial charge is 0.191 e. The van der Waals surface area contributed by atoms with Gasteiger partial charge in [-0.15, -0.1) is 0 Å². The topological polar surface area (TPSA) is 50.9 Å². The summed E-state index contributed by atoms with van der Waals surface area (Å²) < 4.78 is 5.50. The fourth-order valence-corrected chi connectivity index (χ4v) is 3.13. The number of nitrogens with zero attached hydrogens (tertiary/aromatic N) is 2. The van der Waals surface area contributed by atoms with Crippen LogP contribution in [0.1, 0.15) is 44.9 Å². The van der Waals surface area contributed by atoms with Gasteiger partial charge >= 0.3 is 0 Å². The Morgan fingerprint density at radius 1 is 1.17 bits per heavy atom. The fraction of sp³-hybridized carbons (Fsp3) is 0.929. The molecule has 0 aromatic rings. The van der Waals surface area contributed by atoms with Gasteiger partial charge in [-0.25, -0.2) is 0 Å². The van der Waals surface area contributed by atoms with E-state index < -0.39 is 0 Å². The van der Waals surface area contributed by atoms with Crippen molar-refractivity contribution < 1.29 is 4.74 Å². The summed E-state index contributed by atoms with van der Waals surface area (Å²) in [5.41, 5.74) is 6.12. The van der Waals surface area contributed by atoms with Crippen LogP contribution in [-0.4, -0.2) is 43.7 Å². The average molecular weight is 253 g/mol. The Bertz CT molecular complexity index is 272. The number of hydrogen-bond acceptors (Lipinski definition) is 2. The van der Waals surface area contributed by atoms with Crippen LogP contribution in [0.2, 0.25) is 0 Å². The van der Waals surface area contributed by atoms with Crippen molar-refractivity contribution in [3.05, 3.63) is 0 Å². The molecule has 2 fully saturated rings. The molecule has 2 rings (SSSR count). The standard InChI is InChI=1S/C14H27N3O/c1-18-13-8-6-7-12(13)11-16-14(15)17-9-4-2-3-5-10-17/h12-13H,2-11H2,1H3,(H2,15,16)/t12-,13+/m0/s1. The first-order valence-corrected chi connectivity index (χ1v) is 7.39. The highest BCUT2D eigenvalue weighted by atomic mass is 16.5. The third-order valence-electron chi connectivity index (χ3n) is 4.31. The maximum absolute atomic E-state index is 6.12. The minimum Gasteiger partial charge on any atom is -0.381 e. The van der Waals surface area contributed by atoms with E-state index in [9.17, 15) is 0 Å². The van der Waals surface area contributed by atoms with Crippen LogP contribution in [-0.2, 0) is 4.74 Å². The first-order valence-electron chi connectivity index (χ1n) is 7.39. The highest BCUT2D eigenvalue weighted by molar-refractivity contribution is 5.78. The summed E-state index contributed by atoms with van der Waals surface area (Å²) in [6.45, 7) is 2.99. The highest BCUT2D eigenvalue weighted by Crippen LogP contribution is 2.28. The van der Waals surface area contributed by atoms with Crippen LogP contribution in [0.4, 0.5) is 0 Å². The van der Waals surface area contributed by atoms with Crippen molar-refractivity contribution in [2.75, 3.05) is 26.7 Å². The lowest BCUT2D eigenvalue weighted by atomic mass is 10.1. The van der Waals surface area contributed by atoms with Crippen LogP contribution in [0.5, 0.6) is 0 Å². The van der Waals surface area contributed by atoms with Crippen LogP contribution in [0.3, 0.4) is 0 Å². The number of aliphatic imine (C=N–C) groups is 1. The molecule has 2 N–H and O–H groups in total. The lowest BCUT2D eigenvalue weighted by Gasteiger charge is -2.22. The Morgan fingerprint density at radius 3 is 2.56 bits per heavy atom. The number of guanidine groups is 1. The van der Waals surface area contributed by atoms with Crippen LogP contribution in [0, 0.1) is 5.92 Å². The number of methoxy groups -OCH3 is 1. The van der Waals surface area contributed by atoms with Crippen molar-refractivity contribution in [3.8, 4) is 0 Å². The third kappa shape index (κ3) is 3.61. The van der Waals surface area contributed by atoms with E-state index in [4.69, 9.17) is 10.5 Å². The first-order chi connectivity index (χ1) is 8.81. The summed E-state index contributed by atoms with van der Waals surface area (Å²) in [6, 6.07) is 0. The Hall–Kier alpha value is -0.770. The van der Waals surface area contributed by atoms with Crippen molar-refractivity contribution in [1.82, 2.24) is 4.90 Å². The van der Waals surface area contributed by atoms with Crippen molar-refractivity contribution in [1.29, 1.82) is 0 Å². The summed E-state index contributed by atoms with van der Waals surface area (Å²) in [6.07, 6.45) is 9.24. The zero-order chi connectivity index (χ0) is 12.8. The molecule has 4 heteroatoms. The van der Waals surface area contributed by atoms with Gasteiger partial charge in [-0.1, -0.05) is 19.3 Å². The van der Waals surface area contributed by atoms with Crippen LogP contribution >= 0.6 is 0 Å². The van der Waals surface area contributed by atoms with E-state index in [1.807, 2.05) is 7.11 Å². The third-order valence-corrected chi connectivity index (χ3v) is 4.31. The summed E-state index contributed by atoms with van der Waals surface area (Å²) in [5, 5.41) is 0. The quantitative estimate of drug-likeness (QED) is 0.618. The molecular formula is C14H27N3O. The Morgan fingerprint density at radius 2 is 1.89 bits per heavy atom. The molecule has 1 saturated carbocycles. The molecule has 1 heterocycles. The predicted octanol–water partition coefficient (Wildman–Crippen LogP) is 1.99. The van der Waals surface area contributed by atoms with Gasteiger partial charge in [0.1, 0.15) is 0 Å². The lowest BCUT2D eigenvalue weighted by molar-refractivity contribution is 0.0742. The summed E-state index contributed by atoms with van der Waals surface area (Å²) in [4.78, 5) is 6.86. The predicted molar refractivity (Wildman–Crippen MR) is 74.7 cm³/mol. The normalized spacial score (nSPS) is 30.5. The largest absolute Gasteiger partial charge is 0.381 e. The monoisotopic (exact) mass is 253 g/mol. The van der Waals surface area contributed by atoms with Crippen LogP contribution in [0.25, 0.3) is 0 Å². The molecule has 1 aliphatic heterocycles. The van der Waals surface area contributed by atoms with Crippen molar-refractivity contribution in [2.24, 2.45) is 16.6 Å². The van der Waals surface area contributed by atoms with Gasteiger partial charge in [0.15, 0.2) is 5.96 Å². The molecule has 2 aliphatic rings. The minimum absolute atomic E-state index is 0.394. The average Bonchev–Trinajstić information content (AvgIpc) is 2.67. The van der Waals surface area contributed by atoms with Crippen molar-refractivity contribution >= 4 is 5.96 Å². The van der Waals surface area contributed by atoms with Gasteiger partial charge in [0.05, 0.1) is 6.10 Å². The molecule has 0 radical (unpaired) electrons. The molecule has 0 aromatic heterocycles. The second kappa shape index (κ2) is 6.98. The number of rotatable bonds is 3. The van der Waals surface area contributed by atoms with Gasteiger partial charge in [0.25, 0.3) is 0 Å². The second-order valence-electron chi connectivity index (χ2n) is 5.57. The molecule has 0 spiro atoms. The summed E-state index contributed by atoms with van der Waals surface area (Å²) >= 11 is 0. The number of likely N-dealkylation sites (tertiary alicyclic amines) is 1. The summed E-state index contributed by atoms with van der Waals surface area (Å²) in [5.74, 6) is 1.32. The van der Waals surface area contributed by atoms with E-state index in [1.165, 1.54) is 44.9 Å². The molecule has 0 unspecified atom stereocenters. The molecule has 1 saturated heterocycles. The number of hydrogen-bond donors (Lipinski definition) is 1. The van der Waals surface area contributed by atoms with Crippen LogP contribution in [0.15, 0.2) is 4.99 Å². The second-order valence-corrected chi connectivity index (χ2v) is 5.57. The molecule has 0 bridgehead atoms. The maximum atomic E-state index is 6.12. The molecule has 4 nitrogen and oxygen atoms in total. The molecule has 1 aliphatic carbocycles. The van der Waals surface area contributed by atoms with Gasteiger partial charge in [-0.2, -0.15) is 0 Å². The SMILES string of the molecule is CO[C@@H]1CCC[C@H]1CN=C(N)N1CCCCCC1. The van der Waals surface area contributed by atoms with Gasteiger partial charge in [0.2, 0.25) is 0 Å². The first kappa shape index (κ1) is 13.7. The van der Waals surface area contributed by atoms with E-state index >= 15 is 0 Å². The van der Waals surface area contributed by atoms with E-state index in [1.54, 1.807) is 0 Å².